The van der Waals surface area contributed by atoms with Crippen LogP contribution in [0.25, 0.3) is 0 Å². The van der Waals surface area contributed by atoms with Gasteiger partial charge in [0.1, 0.15) is 0 Å². The maximum atomic E-state index is 4.38. The zero-order chi connectivity index (χ0) is 16.4. The Morgan fingerprint density at radius 3 is 1.82 bits per heavy atom. The Kier molecular flexibility index (Phi) is 5.18. The van der Waals surface area contributed by atoms with Crippen molar-refractivity contribution in [1.29, 1.82) is 0 Å². The zero-order valence-electron chi connectivity index (χ0n) is 14.8. The molecule has 1 aliphatic heterocycles. The van der Waals surface area contributed by atoms with Crippen molar-refractivity contribution < 1.29 is 0 Å². The molecule has 0 bridgehead atoms. The molecule has 0 saturated carbocycles. The lowest BCUT2D eigenvalue weighted by Gasteiger charge is -2.44. The maximum absolute atomic E-state index is 4.38. The second-order valence-corrected chi connectivity index (χ2v) is 7.05. The standard InChI is InChI=1S/C19H29BN2/c1-14(2)22(15(3)4)20-17(6)12-21(13-18(20)7)19-10-8-16(5)9-11-19/h8-11,14-15H,6-7,12-13H2,1-5H3. The molecule has 1 aliphatic rings. The van der Waals surface area contributed by atoms with E-state index in [1.54, 1.807) is 0 Å². The van der Waals surface area contributed by atoms with Gasteiger partial charge in [0.2, 0.25) is 0 Å². The van der Waals surface area contributed by atoms with Gasteiger partial charge in [-0.3, -0.25) is 0 Å². The van der Waals surface area contributed by atoms with Crippen molar-refractivity contribution in [3.05, 3.63) is 53.9 Å². The number of anilines is 1. The minimum Gasteiger partial charge on any atom is -0.365 e. The van der Waals surface area contributed by atoms with Crippen molar-refractivity contribution >= 4 is 12.5 Å². The Bertz CT molecular complexity index is 519. The molecule has 0 aliphatic carbocycles. The van der Waals surface area contributed by atoms with Crippen molar-refractivity contribution in [2.75, 3.05) is 18.0 Å². The Morgan fingerprint density at radius 2 is 1.41 bits per heavy atom. The summed E-state index contributed by atoms with van der Waals surface area (Å²) in [5.41, 5.74) is 5.05. The summed E-state index contributed by atoms with van der Waals surface area (Å²) in [5, 5.41) is 0. The van der Waals surface area contributed by atoms with Gasteiger partial charge in [-0.2, -0.15) is 0 Å². The third-order valence-electron chi connectivity index (χ3n) is 4.45. The van der Waals surface area contributed by atoms with E-state index in [1.807, 2.05) is 0 Å². The first-order chi connectivity index (χ1) is 10.3. The van der Waals surface area contributed by atoms with Crippen LogP contribution in [0.3, 0.4) is 0 Å². The third kappa shape index (κ3) is 3.46. The number of hydrogen-bond donors (Lipinski definition) is 0. The number of aryl methyl sites for hydroxylation is 1. The molecule has 0 unspecified atom stereocenters. The average molecular weight is 296 g/mol. The predicted octanol–water partition coefficient (Wildman–Crippen LogP) is 4.12. The van der Waals surface area contributed by atoms with Crippen molar-refractivity contribution in [3.63, 3.8) is 0 Å². The van der Waals surface area contributed by atoms with Crippen LogP contribution in [0.1, 0.15) is 33.3 Å². The molecular weight excluding hydrogens is 267 g/mol. The summed E-state index contributed by atoms with van der Waals surface area (Å²) >= 11 is 0. The van der Waals surface area contributed by atoms with Gasteiger partial charge in [-0.05, 0) is 31.1 Å². The molecule has 3 heteroatoms. The summed E-state index contributed by atoms with van der Waals surface area (Å²) in [6.07, 6.45) is 0. The van der Waals surface area contributed by atoms with Crippen LogP contribution in [0, 0.1) is 6.92 Å². The fraction of sp³-hybridized carbons (Fsp3) is 0.474. The number of benzene rings is 1. The van der Waals surface area contributed by atoms with Gasteiger partial charge in [0.15, 0.2) is 0 Å². The molecule has 0 N–H and O–H groups in total. The highest BCUT2D eigenvalue weighted by Crippen LogP contribution is 2.28. The highest BCUT2D eigenvalue weighted by molar-refractivity contribution is 6.72. The topological polar surface area (TPSA) is 6.48 Å². The first kappa shape index (κ1) is 16.9. The maximum Gasteiger partial charge on any atom is 0.286 e. The summed E-state index contributed by atoms with van der Waals surface area (Å²) in [6.45, 7) is 22.0. The van der Waals surface area contributed by atoms with E-state index in [-0.39, 0.29) is 0 Å². The molecule has 22 heavy (non-hydrogen) atoms. The van der Waals surface area contributed by atoms with E-state index in [9.17, 15) is 0 Å². The summed E-state index contributed by atoms with van der Waals surface area (Å²) in [6, 6.07) is 9.70. The van der Waals surface area contributed by atoms with Crippen molar-refractivity contribution in [2.24, 2.45) is 0 Å². The van der Waals surface area contributed by atoms with Crippen molar-refractivity contribution in [2.45, 2.75) is 46.7 Å². The van der Waals surface area contributed by atoms with E-state index in [0.29, 0.717) is 18.9 Å². The molecule has 1 saturated heterocycles. The summed E-state index contributed by atoms with van der Waals surface area (Å²) in [5.74, 6) is 0. The lowest BCUT2D eigenvalue weighted by atomic mass is 9.46. The molecule has 0 aromatic heterocycles. The molecule has 118 valence electrons. The average Bonchev–Trinajstić information content (AvgIpc) is 2.42. The lowest BCUT2D eigenvalue weighted by molar-refractivity contribution is 0.306. The Morgan fingerprint density at radius 1 is 0.955 bits per heavy atom. The van der Waals surface area contributed by atoms with Crippen LogP contribution >= 0.6 is 0 Å². The highest BCUT2D eigenvalue weighted by Gasteiger charge is 2.36. The van der Waals surface area contributed by atoms with Gasteiger partial charge in [-0.1, -0.05) is 56.3 Å². The van der Waals surface area contributed by atoms with Crippen molar-refractivity contribution in [1.82, 2.24) is 4.81 Å². The van der Waals surface area contributed by atoms with E-state index in [4.69, 9.17) is 0 Å². The fourth-order valence-corrected chi connectivity index (χ4v) is 3.56. The van der Waals surface area contributed by atoms with Crippen LogP contribution in [0.15, 0.2) is 48.4 Å². The summed E-state index contributed by atoms with van der Waals surface area (Å²) in [7, 11) is 0. The zero-order valence-corrected chi connectivity index (χ0v) is 14.8. The predicted molar refractivity (Wildman–Crippen MR) is 99.5 cm³/mol. The number of nitrogens with zero attached hydrogens (tertiary/aromatic N) is 2. The first-order valence-corrected chi connectivity index (χ1v) is 8.25. The largest absolute Gasteiger partial charge is 0.365 e. The minimum atomic E-state index is 0.293. The van der Waals surface area contributed by atoms with Crippen LogP contribution in [-0.2, 0) is 0 Å². The summed E-state index contributed by atoms with van der Waals surface area (Å²) in [4.78, 5) is 4.90. The Labute approximate surface area is 136 Å². The molecule has 2 rings (SSSR count). The van der Waals surface area contributed by atoms with Gasteiger partial charge in [0, 0.05) is 18.8 Å². The number of hydrogen-bond acceptors (Lipinski definition) is 2. The smallest absolute Gasteiger partial charge is 0.286 e. The van der Waals surface area contributed by atoms with Gasteiger partial charge >= 0.3 is 0 Å². The Hall–Kier alpha value is -1.48. The first-order valence-electron chi connectivity index (χ1n) is 8.25. The van der Waals surface area contributed by atoms with Crippen LogP contribution in [0.5, 0.6) is 0 Å². The molecule has 0 radical (unpaired) electrons. The fourth-order valence-electron chi connectivity index (χ4n) is 3.56. The van der Waals surface area contributed by atoms with E-state index >= 15 is 0 Å². The van der Waals surface area contributed by atoms with Gasteiger partial charge in [0.05, 0.1) is 0 Å². The number of rotatable bonds is 4. The minimum absolute atomic E-state index is 0.293. The van der Waals surface area contributed by atoms with Gasteiger partial charge in [-0.15, -0.1) is 13.2 Å². The van der Waals surface area contributed by atoms with Crippen LogP contribution in [-0.4, -0.2) is 36.8 Å². The van der Waals surface area contributed by atoms with Gasteiger partial charge in [0.25, 0.3) is 6.85 Å². The van der Waals surface area contributed by atoms with E-state index in [2.05, 4.69) is 81.8 Å². The van der Waals surface area contributed by atoms with E-state index in [1.165, 1.54) is 22.2 Å². The quantitative estimate of drug-likeness (QED) is 0.771. The van der Waals surface area contributed by atoms with Crippen LogP contribution in [0.2, 0.25) is 0 Å². The molecule has 1 heterocycles. The molecule has 0 atom stereocenters. The second kappa shape index (κ2) is 6.74. The molecule has 0 amide bonds. The Balaban J connectivity index is 2.20. The summed E-state index contributed by atoms with van der Waals surface area (Å²) < 4.78 is 0. The lowest BCUT2D eigenvalue weighted by Crippen LogP contribution is -2.56. The van der Waals surface area contributed by atoms with E-state index < -0.39 is 0 Å². The van der Waals surface area contributed by atoms with Crippen LogP contribution in [0.4, 0.5) is 5.69 Å². The molecule has 1 aromatic carbocycles. The van der Waals surface area contributed by atoms with Crippen molar-refractivity contribution in [3.8, 4) is 0 Å². The SMILES string of the molecule is C=C1CN(c2ccc(C)cc2)CC(=C)B1N(C(C)C)C(C)C. The molecule has 0 spiro atoms. The molecule has 1 aromatic rings. The van der Waals surface area contributed by atoms with Gasteiger partial charge in [-0.25, -0.2) is 0 Å². The normalized spacial score (nSPS) is 16.4. The third-order valence-corrected chi connectivity index (χ3v) is 4.45. The van der Waals surface area contributed by atoms with Crippen LogP contribution < -0.4 is 4.90 Å². The monoisotopic (exact) mass is 296 g/mol. The molecule has 2 nitrogen and oxygen atoms in total. The molecular formula is C19H29BN2. The molecule has 1 fully saturated rings. The highest BCUT2D eigenvalue weighted by atomic mass is 15.2. The van der Waals surface area contributed by atoms with Gasteiger partial charge < -0.3 is 9.71 Å². The van der Waals surface area contributed by atoms with E-state index in [0.717, 1.165) is 13.1 Å². The second-order valence-electron chi connectivity index (χ2n) is 7.05.